The van der Waals surface area contributed by atoms with E-state index in [0.717, 1.165) is 0 Å². The second kappa shape index (κ2) is 6.87. The Labute approximate surface area is 135 Å². The summed E-state index contributed by atoms with van der Waals surface area (Å²) >= 11 is 5.65. The van der Waals surface area contributed by atoms with Crippen LogP contribution in [-0.2, 0) is 6.54 Å². The summed E-state index contributed by atoms with van der Waals surface area (Å²) in [6, 6.07) is 8.61. The first kappa shape index (κ1) is 17.1. The van der Waals surface area contributed by atoms with Gasteiger partial charge in [-0.25, -0.2) is 4.98 Å². The van der Waals surface area contributed by atoms with Gasteiger partial charge in [-0.1, -0.05) is 29.8 Å². The highest BCUT2D eigenvalue weighted by Crippen LogP contribution is 2.27. The topological polar surface area (TPSA) is 42.4 Å². The molecule has 2 rings (SSSR count). The molecule has 0 aliphatic rings. The largest absolute Gasteiger partial charge is 0.573 e. The van der Waals surface area contributed by atoms with Crippen LogP contribution in [0.4, 0.5) is 13.2 Å². The van der Waals surface area contributed by atoms with E-state index in [4.69, 9.17) is 11.6 Å². The molecule has 0 bridgehead atoms. The normalized spacial score (nSPS) is 11.2. The molecule has 8 heteroatoms. The number of ether oxygens (including phenoxy) is 1. The van der Waals surface area contributed by atoms with Crippen molar-refractivity contribution in [3.8, 4) is 5.75 Å². The van der Waals surface area contributed by atoms with Gasteiger partial charge in [0.2, 0.25) is 0 Å². The summed E-state index contributed by atoms with van der Waals surface area (Å²) in [5, 5.41) is 0.244. The Morgan fingerprint density at radius 3 is 2.57 bits per heavy atom. The minimum absolute atomic E-state index is 0.0479. The van der Waals surface area contributed by atoms with Crippen molar-refractivity contribution in [2.24, 2.45) is 0 Å². The summed E-state index contributed by atoms with van der Waals surface area (Å²) in [5.41, 5.74) is 0.522. The fourth-order valence-corrected chi connectivity index (χ4v) is 2.02. The van der Waals surface area contributed by atoms with Crippen molar-refractivity contribution in [2.45, 2.75) is 12.9 Å². The van der Waals surface area contributed by atoms with Gasteiger partial charge >= 0.3 is 6.36 Å². The average Bonchev–Trinajstić information content (AvgIpc) is 2.48. The van der Waals surface area contributed by atoms with Gasteiger partial charge in [0.15, 0.2) is 0 Å². The molecular formula is C15H12ClF3N2O2. The smallest absolute Gasteiger partial charge is 0.405 e. The van der Waals surface area contributed by atoms with E-state index in [2.05, 4.69) is 9.72 Å². The lowest BCUT2D eigenvalue weighted by Crippen LogP contribution is -2.27. The summed E-state index contributed by atoms with van der Waals surface area (Å²) in [6.07, 6.45) is -3.49. The number of halogens is 4. The summed E-state index contributed by atoms with van der Waals surface area (Å²) in [6.45, 7) is -0.0479. The van der Waals surface area contributed by atoms with Crippen LogP contribution in [0.5, 0.6) is 5.75 Å². The molecule has 0 fully saturated rings. The molecule has 0 aliphatic carbocycles. The molecule has 0 saturated heterocycles. The van der Waals surface area contributed by atoms with Crippen LogP contribution in [0.3, 0.4) is 0 Å². The maximum Gasteiger partial charge on any atom is 0.573 e. The van der Waals surface area contributed by atoms with Crippen molar-refractivity contribution in [3.05, 3.63) is 58.9 Å². The van der Waals surface area contributed by atoms with Crippen LogP contribution in [0.2, 0.25) is 5.15 Å². The maximum atomic E-state index is 12.4. The SMILES string of the molecule is CN(Cc1ccccc1OC(F)(F)F)C(=O)c1ccc(Cl)nc1. The van der Waals surface area contributed by atoms with Gasteiger partial charge < -0.3 is 9.64 Å². The van der Waals surface area contributed by atoms with Crippen LogP contribution in [0.1, 0.15) is 15.9 Å². The zero-order valence-corrected chi connectivity index (χ0v) is 12.7. The molecule has 0 radical (unpaired) electrons. The molecule has 1 aromatic carbocycles. The molecule has 0 spiro atoms. The van der Waals surface area contributed by atoms with E-state index in [-0.39, 0.29) is 28.6 Å². The van der Waals surface area contributed by atoms with Gasteiger partial charge in [0.25, 0.3) is 5.91 Å². The Morgan fingerprint density at radius 2 is 1.96 bits per heavy atom. The van der Waals surface area contributed by atoms with E-state index < -0.39 is 12.3 Å². The number of aromatic nitrogens is 1. The van der Waals surface area contributed by atoms with Gasteiger partial charge in [0, 0.05) is 25.4 Å². The molecule has 4 nitrogen and oxygen atoms in total. The molecule has 1 aromatic heterocycles. The Hall–Kier alpha value is -2.28. The molecule has 0 unspecified atom stereocenters. The van der Waals surface area contributed by atoms with E-state index in [9.17, 15) is 18.0 Å². The molecule has 0 saturated carbocycles. The van der Waals surface area contributed by atoms with E-state index in [1.54, 1.807) is 6.07 Å². The first-order valence-electron chi connectivity index (χ1n) is 6.47. The standard InChI is InChI=1S/C15H12ClF3N2O2/c1-21(14(22)10-6-7-13(16)20-8-10)9-11-4-2-3-5-12(11)23-15(17,18)19/h2-8H,9H2,1H3. The van der Waals surface area contributed by atoms with E-state index in [1.165, 1.54) is 48.5 Å². The lowest BCUT2D eigenvalue weighted by molar-refractivity contribution is -0.274. The number of carbonyl (C=O) groups is 1. The fraction of sp³-hybridized carbons (Fsp3) is 0.200. The molecular weight excluding hydrogens is 333 g/mol. The van der Waals surface area contributed by atoms with Crippen molar-refractivity contribution < 1.29 is 22.7 Å². The quantitative estimate of drug-likeness (QED) is 0.790. The molecule has 1 heterocycles. The summed E-state index contributed by atoms with van der Waals surface area (Å²) < 4.78 is 41.2. The van der Waals surface area contributed by atoms with Crippen LogP contribution in [-0.4, -0.2) is 29.2 Å². The number of carbonyl (C=O) groups excluding carboxylic acids is 1. The van der Waals surface area contributed by atoms with Crippen LogP contribution >= 0.6 is 11.6 Å². The zero-order chi connectivity index (χ0) is 17.0. The van der Waals surface area contributed by atoms with Crippen LogP contribution in [0.25, 0.3) is 0 Å². The van der Waals surface area contributed by atoms with E-state index in [1.807, 2.05) is 0 Å². The number of nitrogens with zero attached hydrogens (tertiary/aromatic N) is 2. The molecule has 23 heavy (non-hydrogen) atoms. The second-order valence-electron chi connectivity index (χ2n) is 4.69. The highest BCUT2D eigenvalue weighted by atomic mass is 35.5. The Kier molecular flexibility index (Phi) is 5.10. The number of pyridine rings is 1. The second-order valence-corrected chi connectivity index (χ2v) is 5.07. The van der Waals surface area contributed by atoms with Crippen LogP contribution in [0, 0.1) is 0 Å². The number of amides is 1. The van der Waals surface area contributed by atoms with E-state index in [0.29, 0.717) is 0 Å². The number of benzene rings is 1. The molecule has 0 N–H and O–H groups in total. The van der Waals surface area contributed by atoms with Crippen LogP contribution in [0.15, 0.2) is 42.6 Å². The van der Waals surface area contributed by atoms with Crippen molar-refractivity contribution in [1.82, 2.24) is 9.88 Å². The summed E-state index contributed by atoms with van der Waals surface area (Å²) in [7, 11) is 1.47. The van der Waals surface area contributed by atoms with Crippen LogP contribution < -0.4 is 4.74 Å². The highest BCUT2D eigenvalue weighted by molar-refractivity contribution is 6.29. The first-order valence-corrected chi connectivity index (χ1v) is 6.85. The molecule has 0 aliphatic heterocycles. The minimum Gasteiger partial charge on any atom is -0.405 e. The number of rotatable bonds is 4. The Bertz CT molecular complexity index is 690. The molecule has 0 atom stereocenters. The molecule has 1 amide bonds. The van der Waals surface area contributed by atoms with Gasteiger partial charge in [-0.2, -0.15) is 0 Å². The third kappa shape index (κ3) is 4.85. The van der Waals surface area contributed by atoms with Crippen molar-refractivity contribution in [1.29, 1.82) is 0 Å². The fourth-order valence-electron chi connectivity index (χ4n) is 1.91. The number of hydrogen-bond donors (Lipinski definition) is 0. The predicted octanol–water partition coefficient (Wildman–Crippen LogP) is 3.91. The molecule has 122 valence electrons. The zero-order valence-electron chi connectivity index (χ0n) is 12.0. The minimum atomic E-state index is -4.79. The van der Waals surface area contributed by atoms with E-state index >= 15 is 0 Å². The first-order chi connectivity index (χ1) is 10.8. The van der Waals surface area contributed by atoms with Gasteiger partial charge in [-0.15, -0.1) is 13.2 Å². The van der Waals surface area contributed by atoms with Gasteiger partial charge in [0.05, 0.1) is 5.56 Å². The van der Waals surface area contributed by atoms with Gasteiger partial charge in [0.1, 0.15) is 10.9 Å². The van der Waals surface area contributed by atoms with Gasteiger partial charge in [-0.3, -0.25) is 4.79 Å². The van der Waals surface area contributed by atoms with Crippen molar-refractivity contribution in [2.75, 3.05) is 7.05 Å². The lowest BCUT2D eigenvalue weighted by Gasteiger charge is -2.19. The monoisotopic (exact) mass is 344 g/mol. The summed E-state index contributed by atoms with van der Waals surface area (Å²) in [5.74, 6) is -0.732. The third-order valence-electron chi connectivity index (χ3n) is 2.93. The lowest BCUT2D eigenvalue weighted by atomic mass is 10.1. The average molecular weight is 345 g/mol. The van der Waals surface area contributed by atoms with Crippen molar-refractivity contribution in [3.63, 3.8) is 0 Å². The predicted molar refractivity (Wildman–Crippen MR) is 78.2 cm³/mol. The Balaban J connectivity index is 2.15. The molecule has 2 aromatic rings. The Morgan fingerprint density at radius 1 is 1.26 bits per heavy atom. The number of para-hydroxylation sites is 1. The number of hydrogen-bond acceptors (Lipinski definition) is 3. The summed E-state index contributed by atoms with van der Waals surface area (Å²) in [4.78, 5) is 17.3. The number of alkyl halides is 3. The maximum absolute atomic E-state index is 12.4. The third-order valence-corrected chi connectivity index (χ3v) is 3.15. The van der Waals surface area contributed by atoms with Gasteiger partial charge in [-0.05, 0) is 18.2 Å². The van der Waals surface area contributed by atoms with Crippen molar-refractivity contribution >= 4 is 17.5 Å². The highest BCUT2D eigenvalue weighted by Gasteiger charge is 2.32.